The van der Waals surface area contributed by atoms with Crippen LogP contribution in [0.5, 0.6) is 0 Å². The van der Waals surface area contributed by atoms with E-state index in [0.29, 0.717) is 13.1 Å². The van der Waals surface area contributed by atoms with Gasteiger partial charge in [-0.2, -0.15) is 0 Å². The molecule has 0 bridgehead atoms. The van der Waals surface area contributed by atoms with E-state index in [-0.39, 0.29) is 0 Å². The Balaban J connectivity index is 2.12. The molecule has 1 aromatic rings. The van der Waals surface area contributed by atoms with Crippen LogP contribution in [0.15, 0.2) is 30.3 Å². The topological polar surface area (TPSA) is 58.2 Å². The van der Waals surface area contributed by atoms with Crippen molar-refractivity contribution in [1.29, 1.82) is 0 Å². The van der Waals surface area contributed by atoms with Crippen LogP contribution in [0, 0.1) is 0 Å². The van der Waals surface area contributed by atoms with E-state index in [9.17, 15) is 9.59 Å². The number of hydrogen-bond donors (Lipinski definition) is 2. The molecule has 4 nitrogen and oxygen atoms in total. The molecule has 110 valence electrons. The van der Waals surface area contributed by atoms with Gasteiger partial charge < -0.3 is 10.6 Å². The maximum Gasteiger partial charge on any atom is 0.309 e. The first-order valence-electron chi connectivity index (χ1n) is 7.34. The summed E-state index contributed by atoms with van der Waals surface area (Å²) in [5.41, 5.74) is 0.980. The van der Waals surface area contributed by atoms with Gasteiger partial charge in [0.1, 0.15) is 0 Å². The van der Waals surface area contributed by atoms with Crippen molar-refractivity contribution in [1.82, 2.24) is 10.6 Å². The van der Waals surface area contributed by atoms with Gasteiger partial charge in [0.25, 0.3) is 0 Å². The monoisotopic (exact) mass is 276 g/mol. The molecule has 0 atom stereocenters. The summed E-state index contributed by atoms with van der Waals surface area (Å²) in [5.74, 6) is -1.11. The quantitative estimate of drug-likeness (QED) is 0.566. The maximum atomic E-state index is 11.6. The van der Waals surface area contributed by atoms with Crippen LogP contribution in [0.4, 0.5) is 0 Å². The lowest BCUT2D eigenvalue weighted by atomic mass is 10.1. The summed E-state index contributed by atoms with van der Waals surface area (Å²) in [6.07, 6.45) is 5.64. The van der Waals surface area contributed by atoms with Gasteiger partial charge in [-0.15, -0.1) is 0 Å². The molecule has 2 N–H and O–H groups in total. The molecule has 0 aliphatic rings. The number of amides is 2. The summed E-state index contributed by atoms with van der Waals surface area (Å²) in [6.45, 7) is 3.11. The standard InChI is InChI=1S/C16H24N2O2/c1-2-3-4-5-9-12-17-15(19)16(20)18-13-14-10-7-6-8-11-14/h6-8,10-11H,2-5,9,12-13H2,1H3,(H,17,19)(H,18,20). The smallest absolute Gasteiger partial charge is 0.309 e. The molecule has 4 heteroatoms. The zero-order chi connectivity index (χ0) is 14.6. The molecule has 0 unspecified atom stereocenters. The first kappa shape index (κ1) is 16.2. The summed E-state index contributed by atoms with van der Waals surface area (Å²) in [4.78, 5) is 23.1. The Morgan fingerprint density at radius 1 is 0.900 bits per heavy atom. The molecule has 0 aliphatic heterocycles. The number of rotatable bonds is 8. The number of unbranched alkanes of at least 4 members (excludes halogenated alkanes) is 4. The molecule has 0 saturated heterocycles. The maximum absolute atomic E-state index is 11.6. The highest BCUT2D eigenvalue weighted by Gasteiger charge is 2.11. The van der Waals surface area contributed by atoms with Crippen molar-refractivity contribution in [2.75, 3.05) is 6.54 Å². The van der Waals surface area contributed by atoms with E-state index in [1.165, 1.54) is 19.3 Å². The molecule has 0 spiro atoms. The van der Waals surface area contributed by atoms with Crippen molar-refractivity contribution in [3.63, 3.8) is 0 Å². The average molecular weight is 276 g/mol. The molecule has 0 aliphatic carbocycles. The van der Waals surface area contributed by atoms with Gasteiger partial charge in [0.05, 0.1) is 0 Å². The molecule has 0 fully saturated rings. The number of carbonyl (C=O) groups is 2. The van der Waals surface area contributed by atoms with Crippen molar-refractivity contribution in [2.24, 2.45) is 0 Å². The van der Waals surface area contributed by atoms with Crippen LogP contribution in [0.2, 0.25) is 0 Å². The Labute approximate surface area is 121 Å². The molecule has 20 heavy (non-hydrogen) atoms. The van der Waals surface area contributed by atoms with Crippen LogP contribution >= 0.6 is 0 Å². The Bertz CT molecular complexity index is 404. The van der Waals surface area contributed by atoms with Crippen molar-refractivity contribution in [2.45, 2.75) is 45.6 Å². The summed E-state index contributed by atoms with van der Waals surface area (Å²) >= 11 is 0. The van der Waals surface area contributed by atoms with Crippen LogP contribution in [-0.4, -0.2) is 18.4 Å². The zero-order valence-electron chi connectivity index (χ0n) is 12.2. The number of benzene rings is 1. The van der Waals surface area contributed by atoms with Gasteiger partial charge in [-0.3, -0.25) is 9.59 Å². The van der Waals surface area contributed by atoms with E-state index in [2.05, 4.69) is 17.6 Å². The fourth-order valence-electron chi connectivity index (χ4n) is 1.87. The molecule has 0 aromatic heterocycles. The number of hydrogen-bond acceptors (Lipinski definition) is 2. The Morgan fingerprint density at radius 2 is 1.55 bits per heavy atom. The van der Waals surface area contributed by atoms with Crippen LogP contribution in [0.3, 0.4) is 0 Å². The van der Waals surface area contributed by atoms with Gasteiger partial charge in [0, 0.05) is 13.1 Å². The molecule has 1 aromatic carbocycles. The van der Waals surface area contributed by atoms with Gasteiger partial charge in [-0.25, -0.2) is 0 Å². The lowest BCUT2D eigenvalue weighted by molar-refractivity contribution is -0.139. The Morgan fingerprint density at radius 3 is 2.25 bits per heavy atom. The normalized spacial score (nSPS) is 10.1. The molecule has 0 saturated carbocycles. The summed E-state index contributed by atoms with van der Waals surface area (Å²) in [6, 6.07) is 9.53. The summed E-state index contributed by atoms with van der Waals surface area (Å²) in [7, 11) is 0. The van der Waals surface area contributed by atoms with Crippen molar-refractivity contribution < 1.29 is 9.59 Å². The molecule has 0 radical (unpaired) electrons. The minimum absolute atomic E-state index is 0.379. The second kappa shape index (κ2) is 10.0. The fraction of sp³-hybridized carbons (Fsp3) is 0.500. The number of carbonyl (C=O) groups excluding carboxylic acids is 2. The van der Waals surface area contributed by atoms with Crippen LogP contribution < -0.4 is 10.6 Å². The highest BCUT2D eigenvalue weighted by molar-refractivity contribution is 6.35. The van der Waals surface area contributed by atoms with E-state index >= 15 is 0 Å². The second-order valence-corrected chi connectivity index (χ2v) is 4.84. The highest BCUT2D eigenvalue weighted by atomic mass is 16.2. The van der Waals surface area contributed by atoms with E-state index in [1.807, 2.05) is 30.3 Å². The molecular weight excluding hydrogens is 252 g/mol. The van der Waals surface area contributed by atoms with Gasteiger partial charge in [0.15, 0.2) is 0 Å². The first-order valence-corrected chi connectivity index (χ1v) is 7.34. The largest absolute Gasteiger partial charge is 0.348 e. The predicted molar refractivity (Wildman–Crippen MR) is 80.1 cm³/mol. The van der Waals surface area contributed by atoms with Gasteiger partial charge in [-0.05, 0) is 12.0 Å². The fourth-order valence-corrected chi connectivity index (χ4v) is 1.87. The lowest BCUT2D eigenvalue weighted by Gasteiger charge is -2.06. The van der Waals surface area contributed by atoms with Crippen molar-refractivity contribution >= 4 is 11.8 Å². The van der Waals surface area contributed by atoms with E-state index in [4.69, 9.17) is 0 Å². The van der Waals surface area contributed by atoms with Crippen molar-refractivity contribution in [3.05, 3.63) is 35.9 Å². The third-order valence-corrected chi connectivity index (χ3v) is 3.07. The molecule has 0 heterocycles. The molecule has 1 rings (SSSR count). The second-order valence-electron chi connectivity index (χ2n) is 4.84. The average Bonchev–Trinajstić information content (AvgIpc) is 2.49. The van der Waals surface area contributed by atoms with E-state index < -0.39 is 11.8 Å². The summed E-state index contributed by atoms with van der Waals surface area (Å²) in [5, 5.41) is 5.25. The van der Waals surface area contributed by atoms with Gasteiger partial charge in [-0.1, -0.05) is 62.9 Å². The van der Waals surface area contributed by atoms with Gasteiger partial charge in [0.2, 0.25) is 0 Å². The highest BCUT2D eigenvalue weighted by Crippen LogP contribution is 2.01. The SMILES string of the molecule is CCCCCCCNC(=O)C(=O)NCc1ccccc1. The third-order valence-electron chi connectivity index (χ3n) is 3.07. The van der Waals surface area contributed by atoms with E-state index in [0.717, 1.165) is 18.4 Å². The summed E-state index contributed by atoms with van der Waals surface area (Å²) < 4.78 is 0. The Kier molecular flexibility index (Phi) is 8.11. The van der Waals surface area contributed by atoms with Crippen LogP contribution in [-0.2, 0) is 16.1 Å². The minimum Gasteiger partial charge on any atom is -0.348 e. The van der Waals surface area contributed by atoms with Crippen LogP contribution in [0.1, 0.15) is 44.6 Å². The lowest BCUT2D eigenvalue weighted by Crippen LogP contribution is -2.39. The Hall–Kier alpha value is -1.84. The zero-order valence-corrected chi connectivity index (χ0v) is 12.2. The molecular formula is C16H24N2O2. The number of nitrogens with one attached hydrogen (secondary N) is 2. The van der Waals surface area contributed by atoms with Gasteiger partial charge >= 0.3 is 11.8 Å². The molecule has 2 amide bonds. The first-order chi connectivity index (χ1) is 9.74. The van der Waals surface area contributed by atoms with E-state index in [1.54, 1.807) is 0 Å². The third kappa shape index (κ3) is 6.92. The predicted octanol–water partition coefficient (Wildman–Crippen LogP) is 2.39. The van der Waals surface area contributed by atoms with Crippen molar-refractivity contribution in [3.8, 4) is 0 Å². The minimum atomic E-state index is -0.567. The van der Waals surface area contributed by atoms with Crippen LogP contribution in [0.25, 0.3) is 0 Å².